The zero-order valence-corrected chi connectivity index (χ0v) is 29.8. The number of unbranched alkanes of at least 4 members (excludes halogenated alkanes) is 12. The molecule has 0 saturated carbocycles. The number of carbonyl (C=O) groups excluding carboxylic acids is 2. The minimum Gasteiger partial charge on any atom is -0.462 e. The molecule has 0 saturated heterocycles. The van der Waals surface area contributed by atoms with Gasteiger partial charge in [-0.25, -0.2) is 0 Å². The van der Waals surface area contributed by atoms with Gasteiger partial charge in [0.15, 0.2) is 6.10 Å². The Balaban J connectivity index is 3.69. The van der Waals surface area contributed by atoms with Crippen LogP contribution in [0.25, 0.3) is 0 Å². The van der Waals surface area contributed by atoms with Crippen LogP contribution in [0.3, 0.4) is 0 Å². The molecule has 0 aliphatic heterocycles. The van der Waals surface area contributed by atoms with Crippen LogP contribution in [0.2, 0.25) is 0 Å². The Morgan fingerprint density at radius 3 is 1.52 bits per heavy atom. The first-order valence-electron chi connectivity index (χ1n) is 18.6. The Morgan fingerprint density at radius 2 is 1.02 bits per heavy atom. The van der Waals surface area contributed by atoms with Crippen molar-refractivity contribution < 1.29 is 29.3 Å². The number of carbonyl (C=O) groups is 2. The van der Waals surface area contributed by atoms with Gasteiger partial charge in [0.1, 0.15) is 6.61 Å². The van der Waals surface area contributed by atoms with Gasteiger partial charge in [0, 0.05) is 12.8 Å². The van der Waals surface area contributed by atoms with Crippen molar-refractivity contribution in [1.82, 2.24) is 0 Å². The maximum absolute atomic E-state index is 12.1. The summed E-state index contributed by atoms with van der Waals surface area (Å²) in [5.41, 5.74) is 0. The van der Waals surface area contributed by atoms with E-state index in [0.717, 1.165) is 70.1 Å². The summed E-state index contributed by atoms with van der Waals surface area (Å²) in [5, 5.41) is 18.8. The molecule has 0 fully saturated rings. The summed E-state index contributed by atoms with van der Waals surface area (Å²) >= 11 is 0. The minimum absolute atomic E-state index is 0.0957. The van der Waals surface area contributed by atoms with Crippen LogP contribution in [0.1, 0.15) is 162 Å². The van der Waals surface area contributed by atoms with Gasteiger partial charge in [-0.05, 0) is 70.6 Å². The van der Waals surface area contributed by atoms with Crippen molar-refractivity contribution in [3.63, 3.8) is 0 Å². The maximum Gasteiger partial charge on any atom is 0.306 e. The molecule has 2 N–H and O–H groups in total. The van der Waals surface area contributed by atoms with Crippen LogP contribution < -0.4 is 0 Å². The molecule has 46 heavy (non-hydrogen) atoms. The standard InChI is InChI=1S/C40H70O6/c1-36(2)30-26-22-18-14-10-9-13-16-20-24-28-32-39(43)45-35-38(34-41)46-40(44)33-29-25-21-17-12-8-6-4-5-7-11-15-19-23-27-31-37(3)42/h5-8,15,17,19,21,36-38,41-42H,4,9-14,16,18,20,22-35H2,1-3H3/b7-5-,8-6-,19-15-,21-17-/t37-,38-/m0/s1. The molecule has 6 nitrogen and oxygen atoms in total. The Labute approximate surface area is 282 Å². The van der Waals surface area contributed by atoms with Gasteiger partial charge in [0.05, 0.1) is 12.7 Å². The lowest BCUT2D eigenvalue weighted by molar-refractivity contribution is -0.161. The first kappa shape index (κ1) is 43.8. The summed E-state index contributed by atoms with van der Waals surface area (Å²) < 4.78 is 10.5. The zero-order chi connectivity index (χ0) is 33.9. The van der Waals surface area contributed by atoms with Crippen LogP contribution in [-0.4, -0.2) is 47.6 Å². The summed E-state index contributed by atoms with van der Waals surface area (Å²) in [4.78, 5) is 24.2. The Hall–Kier alpha value is -2.18. The van der Waals surface area contributed by atoms with Crippen molar-refractivity contribution in [3.05, 3.63) is 48.6 Å². The van der Waals surface area contributed by atoms with E-state index in [2.05, 4.69) is 62.5 Å². The summed E-state index contributed by atoms with van der Waals surface area (Å²) in [5.74, 6) is 0.153. The lowest BCUT2D eigenvalue weighted by atomic mass is 10.0. The van der Waals surface area contributed by atoms with Gasteiger partial charge in [-0.15, -0.1) is 0 Å². The monoisotopic (exact) mass is 647 g/mol. The zero-order valence-electron chi connectivity index (χ0n) is 29.8. The SMILES string of the molecule is CC(C)CCCCCCCCCCCCCC(=O)OC[C@H](CO)OC(=O)CCC/C=C\C/C=C\C/C=C\C/C=C\CCC[C@H](C)O. The van der Waals surface area contributed by atoms with E-state index in [-0.39, 0.29) is 37.7 Å². The fraction of sp³-hybridized carbons (Fsp3) is 0.750. The van der Waals surface area contributed by atoms with E-state index in [4.69, 9.17) is 9.47 Å². The summed E-state index contributed by atoms with van der Waals surface area (Å²) in [6, 6.07) is 0. The highest BCUT2D eigenvalue weighted by Crippen LogP contribution is 2.14. The molecule has 0 spiro atoms. The molecule has 266 valence electrons. The molecule has 0 heterocycles. The van der Waals surface area contributed by atoms with Crippen LogP contribution in [0.15, 0.2) is 48.6 Å². The molecule has 2 atom stereocenters. The molecular weight excluding hydrogens is 576 g/mol. The van der Waals surface area contributed by atoms with Crippen molar-refractivity contribution in [3.8, 4) is 0 Å². The van der Waals surface area contributed by atoms with Crippen molar-refractivity contribution in [2.24, 2.45) is 5.92 Å². The molecular formula is C40H70O6. The Kier molecular flexibility index (Phi) is 32.5. The van der Waals surface area contributed by atoms with Gasteiger partial charge < -0.3 is 19.7 Å². The highest BCUT2D eigenvalue weighted by atomic mass is 16.6. The first-order chi connectivity index (χ1) is 22.3. The number of aliphatic hydroxyl groups is 2. The van der Waals surface area contributed by atoms with Crippen LogP contribution in [-0.2, 0) is 19.1 Å². The third kappa shape index (κ3) is 34.7. The number of rotatable bonds is 32. The largest absolute Gasteiger partial charge is 0.462 e. The van der Waals surface area contributed by atoms with Crippen molar-refractivity contribution in [2.75, 3.05) is 13.2 Å². The first-order valence-corrected chi connectivity index (χ1v) is 18.6. The van der Waals surface area contributed by atoms with Gasteiger partial charge in [-0.3, -0.25) is 9.59 Å². The average Bonchev–Trinajstić information content (AvgIpc) is 3.02. The highest BCUT2D eigenvalue weighted by molar-refractivity contribution is 5.70. The topological polar surface area (TPSA) is 93.1 Å². The second-order valence-electron chi connectivity index (χ2n) is 13.1. The molecule has 0 aromatic heterocycles. The van der Waals surface area contributed by atoms with Crippen LogP contribution in [0.4, 0.5) is 0 Å². The summed E-state index contributed by atoms with van der Waals surface area (Å²) in [6.45, 7) is 5.96. The van der Waals surface area contributed by atoms with Crippen molar-refractivity contribution >= 4 is 11.9 Å². The van der Waals surface area contributed by atoms with Gasteiger partial charge in [-0.2, -0.15) is 0 Å². The van der Waals surface area contributed by atoms with Crippen LogP contribution in [0.5, 0.6) is 0 Å². The Morgan fingerprint density at radius 1 is 0.565 bits per heavy atom. The van der Waals surface area contributed by atoms with E-state index >= 15 is 0 Å². The third-order valence-corrected chi connectivity index (χ3v) is 7.82. The quantitative estimate of drug-likeness (QED) is 0.0429. The van der Waals surface area contributed by atoms with Gasteiger partial charge in [0.25, 0.3) is 0 Å². The number of aliphatic hydroxyl groups excluding tert-OH is 2. The molecule has 0 aliphatic rings. The van der Waals surface area contributed by atoms with Gasteiger partial charge in [0.2, 0.25) is 0 Å². The van der Waals surface area contributed by atoms with E-state index in [1.54, 1.807) is 0 Å². The number of ether oxygens (including phenoxy) is 2. The normalized spacial score (nSPS) is 13.5. The molecule has 0 radical (unpaired) electrons. The minimum atomic E-state index is -0.807. The number of hydrogen-bond donors (Lipinski definition) is 2. The molecule has 0 bridgehead atoms. The van der Waals surface area contributed by atoms with Crippen LogP contribution >= 0.6 is 0 Å². The average molecular weight is 647 g/mol. The highest BCUT2D eigenvalue weighted by Gasteiger charge is 2.16. The summed E-state index contributed by atoms with van der Waals surface area (Å²) in [7, 11) is 0. The molecule has 6 heteroatoms. The number of hydrogen-bond acceptors (Lipinski definition) is 6. The van der Waals surface area contributed by atoms with Crippen LogP contribution in [0, 0.1) is 5.92 Å². The van der Waals surface area contributed by atoms with Gasteiger partial charge in [-0.1, -0.05) is 133 Å². The smallest absolute Gasteiger partial charge is 0.306 e. The van der Waals surface area contributed by atoms with E-state index in [1.807, 2.05) is 6.92 Å². The van der Waals surface area contributed by atoms with Gasteiger partial charge >= 0.3 is 11.9 Å². The van der Waals surface area contributed by atoms with E-state index in [9.17, 15) is 19.8 Å². The predicted octanol–water partition coefficient (Wildman–Crippen LogP) is 10.3. The lowest BCUT2D eigenvalue weighted by Gasteiger charge is -2.15. The van der Waals surface area contributed by atoms with E-state index < -0.39 is 6.10 Å². The molecule has 0 amide bonds. The molecule has 0 unspecified atom stereocenters. The molecule has 0 aromatic rings. The Bertz CT molecular complexity index is 811. The number of esters is 2. The maximum atomic E-state index is 12.1. The second-order valence-corrected chi connectivity index (χ2v) is 13.1. The second kappa shape index (κ2) is 34.2. The summed E-state index contributed by atoms with van der Waals surface area (Å²) in [6.07, 6.45) is 38.8. The van der Waals surface area contributed by atoms with Crippen molar-refractivity contribution in [1.29, 1.82) is 0 Å². The lowest BCUT2D eigenvalue weighted by Crippen LogP contribution is -2.28. The fourth-order valence-corrected chi connectivity index (χ4v) is 4.98. The fourth-order valence-electron chi connectivity index (χ4n) is 4.98. The van der Waals surface area contributed by atoms with E-state index in [1.165, 1.54) is 57.8 Å². The number of allylic oxidation sites excluding steroid dienone is 8. The van der Waals surface area contributed by atoms with Crippen molar-refractivity contribution in [2.45, 2.75) is 174 Å². The predicted molar refractivity (Wildman–Crippen MR) is 193 cm³/mol. The molecule has 0 rings (SSSR count). The van der Waals surface area contributed by atoms with E-state index in [0.29, 0.717) is 12.8 Å². The third-order valence-electron chi connectivity index (χ3n) is 7.82. The molecule has 0 aromatic carbocycles. The molecule has 0 aliphatic carbocycles.